The van der Waals surface area contributed by atoms with Crippen LogP contribution in [0.4, 0.5) is 4.79 Å². The van der Waals surface area contributed by atoms with E-state index in [0.717, 1.165) is 6.07 Å². The SMILES string of the molecule is Cc1c(CNC(=O)OC(C)(C)C)cc(C(=O)O)cc1C(=O)O. The molecule has 1 rings (SSSR count). The number of amides is 1. The highest BCUT2D eigenvalue weighted by Gasteiger charge is 2.18. The van der Waals surface area contributed by atoms with Crippen molar-refractivity contribution in [3.05, 3.63) is 34.4 Å². The molecule has 1 aromatic carbocycles. The number of hydrogen-bond donors (Lipinski definition) is 3. The lowest BCUT2D eigenvalue weighted by Crippen LogP contribution is -2.32. The maximum absolute atomic E-state index is 11.6. The van der Waals surface area contributed by atoms with E-state index in [2.05, 4.69) is 5.32 Å². The molecule has 0 unspecified atom stereocenters. The Kier molecular flexibility index (Phi) is 5.14. The summed E-state index contributed by atoms with van der Waals surface area (Å²) in [6.07, 6.45) is -0.662. The largest absolute Gasteiger partial charge is 0.478 e. The van der Waals surface area contributed by atoms with Gasteiger partial charge in [-0.1, -0.05) is 0 Å². The second kappa shape index (κ2) is 6.46. The number of nitrogens with one attached hydrogen (secondary N) is 1. The first-order valence-electron chi connectivity index (χ1n) is 6.58. The van der Waals surface area contributed by atoms with E-state index in [4.69, 9.17) is 14.9 Å². The lowest BCUT2D eigenvalue weighted by Gasteiger charge is -2.20. The van der Waals surface area contributed by atoms with Crippen LogP contribution in [0.1, 0.15) is 52.6 Å². The predicted octanol–water partition coefficient (Wildman–Crippen LogP) is 2.42. The smallest absolute Gasteiger partial charge is 0.407 e. The second-order valence-corrected chi connectivity index (χ2v) is 5.77. The third-order valence-corrected chi connectivity index (χ3v) is 2.81. The topological polar surface area (TPSA) is 113 Å². The van der Waals surface area contributed by atoms with Crippen molar-refractivity contribution >= 4 is 18.0 Å². The summed E-state index contributed by atoms with van der Waals surface area (Å²) in [5.74, 6) is -2.46. The molecule has 1 amide bonds. The summed E-state index contributed by atoms with van der Waals surface area (Å²) in [5, 5.41) is 20.6. The Morgan fingerprint density at radius 2 is 1.73 bits per heavy atom. The number of aromatic carboxylic acids is 2. The molecule has 120 valence electrons. The number of carboxylic acids is 2. The zero-order valence-corrected chi connectivity index (χ0v) is 12.9. The van der Waals surface area contributed by atoms with Gasteiger partial charge in [0.15, 0.2) is 0 Å². The first kappa shape index (κ1) is 17.5. The van der Waals surface area contributed by atoms with E-state index in [1.807, 2.05) is 0 Å². The normalized spacial score (nSPS) is 10.9. The molecule has 0 aliphatic rings. The first-order chi connectivity index (χ1) is 10.0. The molecule has 0 atom stereocenters. The molecule has 0 radical (unpaired) electrons. The molecular weight excluding hydrogens is 290 g/mol. The van der Waals surface area contributed by atoms with E-state index in [1.54, 1.807) is 27.7 Å². The Balaban J connectivity index is 3.01. The highest BCUT2D eigenvalue weighted by molar-refractivity contribution is 5.95. The van der Waals surface area contributed by atoms with Crippen LogP contribution in [0.25, 0.3) is 0 Å². The van der Waals surface area contributed by atoms with E-state index in [-0.39, 0.29) is 17.7 Å². The molecule has 0 heterocycles. The van der Waals surface area contributed by atoms with Crippen molar-refractivity contribution in [2.75, 3.05) is 0 Å². The van der Waals surface area contributed by atoms with Gasteiger partial charge >= 0.3 is 18.0 Å². The third kappa shape index (κ3) is 4.76. The van der Waals surface area contributed by atoms with Crippen molar-refractivity contribution in [2.45, 2.75) is 39.8 Å². The van der Waals surface area contributed by atoms with E-state index < -0.39 is 23.6 Å². The molecular formula is C15H19NO6. The molecule has 0 saturated heterocycles. The van der Waals surface area contributed by atoms with Gasteiger partial charge in [0.2, 0.25) is 0 Å². The Bertz CT molecular complexity index is 615. The standard InChI is InChI=1S/C15H19NO6/c1-8-10(7-16-14(21)22-15(2,3)4)5-9(12(17)18)6-11(8)13(19)20/h5-6H,7H2,1-4H3,(H,16,21)(H,17,18)(H,19,20). The molecule has 0 aliphatic carbocycles. The second-order valence-electron chi connectivity index (χ2n) is 5.77. The van der Waals surface area contributed by atoms with Crippen LogP contribution < -0.4 is 5.32 Å². The minimum atomic E-state index is -1.24. The van der Waals surface area contributed by atoms with Crippen LogP contribution in [-0.4, -0.2) is 33.8 Å². The number of ether oxygens (including phenoxy) is 1. The van der Waals surface area contributed by atoms with Gasteiger partial charge in [0, 0.05) is 6.54 Å². The number of rotatable bonds is 4. The summed E-state index contributed by atoms with van der Waals surface area (Å²) in [4.78, 5) is 33.8. The molecule has 3 N–H and O–H groups in total. The van der Waals surface area contributed by atoms with Crippen molar-refractivity contribution in [3.63, 3.8) is 0 Å². The fourth-order valence-electron chi connectivity index (χ4n) is 1.79. The molecule has 1 aromatic rings. The Morgan fingerprint density at radius 3 is 2.18 bits per heavy atom. The molecule has 0 fully saturated rings. The van der Waals surface area contributed by atoms with Crippen molar-refractivity contribution in [1.82, 2.24) is 5.32 Å². The van der Waals surface area contributed by atoms with Gasteiger partial charge in [-0.25, -0.2) is 14.4 Å². The van der Waals surface area contributed by atoms with Crippen molar-refractivity contribution in [2.24, 2.45) is 0 Å². The van der Waals surface area contributed by atoms with Gasteiger partial charge in [-0.05, 0) is 51.0 Å². The van der Waals surface area contributed by atoms with Crippen molar-refractivity contribution in [1.29, 1.82) is 0 Å². The summed E-state index contributed by atoms with van der Waals surface area (Å²) >= 11 is 0. The van der Waals surface area contributed by atoms with Gasteiger partial charge in [0.25, 0.3) is 0 Å². The van der Waals surface area contributed by atoms with Gasteiger partial charge in [0.05, 0.1) is 11.1 Å². The summed E-state index contributed by atoms with van der Waals surface area (Å²) in [6.45, 7) is 6.67. The van der Waals surface area contributed by atoms with Gasteiger partial charge in [-0.3, -0.25) is 0 Å². The third-order valence-electron chi connectivity index (χ3n) is 2.81. The van der Waals surface area contributed by atoms with Crippen LogP contribution in [0.3, 0.4) is 0 Å². The van der Waals surface area contributed by atoms with Crippen molar-refractivity contribution < 1.29 is 29.3 Å². The Labute approximate surface area is 127 Å². The molecule has 0 aliphatic heterocycles. The van der Waals surface area contributed by atoms with Gasteiger partial charge in [-0.2, -0.15) is 0 Å². The maximum Gasteiger partial charge on any atom is 0.407 e. The van der Waals surface area contributed by atoms with E-state index >= 15 is 0 Å². The summed E-state index contributed by atoms with van der Waals surface area (Å²) < 4.78 is 5.07. The number of benzene rings is 1. The van der Waals surface area contributed by atoms with Gasteiger partial charge in [0.1, 0.15) is 5.60 Å². The van der Waals surface area contributed by atoms with E-state index in [0.29, 0.717) is 11.1 Å². The summed E-state index contributed by atoms with van der Waals surface area (Å²) in [5.41, 5.74) is -0.115. The lowest BCUT2D eigenvalue weighted by molar-refractivity contribution is 0.0523. The Hall–Kier alpha value is -2.57. The number of carbonyl (C=O) groups excluding carboxylic acids is 1. The van der Waals surface area contributed by atoms with Crippen LogP contribution in [0.15, 0.2) is 12.1 Å². The van der Waals surface area contributed by atoms with Crippen LogP contribution in [0.2, 0.25) is 0 Å². The molecule has 0 aromatic heterocycles. The van der Waals surface area contributed by atoms with Crippen LogP contribution >= 0.6 is 0 Å². The minimum absolute atomic E-state index is 0.0256. The molecule has 0 spiro atoms. The van der Waals surface area contributed by atoms with E-state index in [1.165, 1.54) is 6.07 Å². The molecule has 0 saturated carbocycles. The Morgan fingerprint density at radius 1 is 1.14 bits per heavy atom. The minimum Gasteiger partial charge on any atom is -0.478 e. The average Bonchev–Trinajstić information content (AvgIpc) is 2.34. The lowest BCUT2D eigenvalue weighted by atomic mass is 9.98. The highest BCUT2D eigenvalue weighted by atomic mass is 16.6. The summed E-state index contributed by atoms with van der Waals surface area (Å²) in [7, 11) is 0. The number of hydrogen-bond acceptors (Lipinski definition) is 4. The molecule has 7 heteroatoms. The number of carbonyl (C=O) groups is 3. The van der Waals surface area contributed by atoms with Crippen molar-refractivity contribution in [3.8, 4) is 0 Å². The van der Waals surface area contributed by atoms with E-state index in [9.17, 15) is 14.4 Å². The quantitative estimate of drug-likeness (QED) is 0.787. The maximum atomic E-state index is 11.6. The zero-order chi connectivity index (χ0) is 17.1. The van der Waals surface area contributed by atoms with Crippen LogP contribution in [0.5, 0.6) is 0 Å². The first-order valence-corrected chi connectivity index (χ1v) is 6.58. The number of carboxylic acid groups (broad SMARTS) is 2. The fourth-order valence-corrected chi connectivity index (χ4v) is 1.79. The monoisotopic (exact) mass is 309 g/mol. The number of alkyl carbamates (subject to hydrolysis) is 1. The predicted molar refractivity (Wildman–Crippen MR) is 78.2 cm³/mol. The van der Waals surface area contributed by atoms with Gasteiger partial charge in [-0.15, -0.1) is 0 Å². The molecule has 7 nitrogen and oxygen atoms in total. The summed E-state index contributed by atoms with van der Waals surface area (Å²) in [6, 6.07) is 2.43. The molecule has 22 heavy (non-hydrogen) atoms. The molecule has 0 bridgehead atoms. The van der Waals surface area contributed by atoms with Crippen LogP contribution in [0, 0.1) is 6.92 Å². The van der Waals surface area contributed by atoms with Crippen LogP contribution in [-0.2, 0) is 11.3 Å². The average molecular weight is 309 g/mol. The zero-order valence-electron chi connectivity index (χ0n) is 12.9. The fraction of sp³-hybridized carbons (Fsp3) is 0.400. The highest BCUT2D eigenvalue weighted by Crippen LogP contribution is 2.18. The van der Waals surface area contributed by atoms with Gasteiger partial charge < -0.3 is 20.3 Å².